The molecule has 1 aliphatic heterocycles. The summed E-state index contributed by atoms with van der Waals surface area (Å²) < 4.78 is 44.4. The Balaban J connectivity index is 0.00000259. The lowest BCUT2D eigenvalue weighted by Crippen LogP contribution is -2.28. The topological polar surface area (TPSA) is 61.1 Å². The van der Waals surface area contributed by atoms with E-state index in [0.29, 0.717) is 11.3 Å². The fourth-order valence-electron chi connectivity index (χ4n) is 4.14. The normalized spacial score (nSPS) is 16.0. The SMILES string of the molecule is Cl.O=c1n(-c2ccc(-c3ccc(OC(F)(F)F)cc3)cc2)c2cccnc2n1[C@H]1CCNC1. The highest BCUT2D eigenvalue weighted by Crippen LogP contribution is 2.28. The van der Waals surface area contributed by atoms with Crippen molar-refractivity contribution >= 4 is 23.6 Å². The Labute approximate surface area is 193 Å². The van der Waals surface area contributed by atoms with Gasteiger partial charge in [-0.05, 0) is 60.5 Å². The van der Waals surface area contributed by atoms with Gasteiger partial charge in [0.15, 0.2) is 5.65 Å². The van der Waals surface area contributed by atoms with E-state index in [-0.39, 0.29) is 29.9 Å². The number of fused-ring (bicyclic) bond motifs is 1. The van der Waals surface area contributed by atoms with Gasteiger partial charge in [0.2, 0.25) is 0 Å². The van der Waals surface area contributed by atoms with Gasteiger partial charge in [0.1, 0.15) is 5.75 Å². The first-order chi connectivity index (χ1) is 15.4. The van der Waals surface area contributed by atoms with E-state index in [0.717, 1.165) is 36.2 Å². The third kappa shape index (κ3) is 4.46. The van der Waals surface area contributed by atoms with E-state index in [4.69, 9.17) is 0 Å². The van der Waals surface area contributed by atoms with Crippen molar-refractivity contribution < 1.29 is 17.9 Å². The maximum atomic E-state index is 13.3. The standard InChI is InChI=1S/C23H19F3N4O2.ClH/c24-23(25,26)32-19-9-5-16(6-10-19)15-3-7-17(8-4-15)29-20-2-1-12-28-21(20)30(22(29)31)18-11-13-27-14-18;/h1-10,12,18,27H,11,13-14H2;1H/t18-;/m0./s1. The largest absolute Gasteiger partial charge is 0.573 e. The van der Waals surface area contributed by atoms with Crippen LogP contribution in [0.2, 0.25) is 0 Å². The van der Waals surface area contributed by atoms with Gasteiger partial charge in [-0.15, -0.1) is 25.6 Å². The van der Waals surface area contributed by atoms with E-state index in [1.165, 1.54) is 12.1 Å². The zero-order chi connectivity index (χ0) is 22.3. The van der Waals surface area contributed by atoms with Crippen LogP contribution < -0.4 is 15.7 Å². The number of hydrogen-bond acceptors (Lipinski definition) is 4. The van der Waals surface area contributed by atoms with Gasteiger partial charge in [-0.2, -0.15) is 0 Å². The highest BCUT2D eigenvalue weighted by molar-refractivity contribution is 5.85. The summed E-state index contributed by atoms with van der Waals surface area (Å²) in [6, 6.07) is 16.7. The second-order valence-corrected chi connectivity index (χ2v) is 7.60. The molecule has 3 heterocycles. The molecule has 1 N–H and O–H groups in total. The van der Waals surface area contributed by atoms with Crippen molar-refractivity contribution in [1.82, 2.24) is 19.4 Å². The Hall–Kier alpha value is -3.30. The van der Waals surface area contributed by atoms with Crippen LogP contribution in [0.1, 0.15) is 12.5 Å². The van der Waals surface area contributed by atoms with Gasteiger partial charge in [-0.25, -0.2) is 9.78 Å². The Kier molecular flexibility index (Phi) is 6.18. The molecule has 6 nitrogen and oxygen atoms in total. The van der Waals surface area contributed by atoms with Gasteiger partial charge >= 0.3 is 12.1 Å². The van der Waals surface area contributed by atoms with Crippen LogP contribution in [0.25, 0.3) is 28.0 Å². The number of aromatic nitrogens is 3. The number of nitrogens with one attached hydrogen (secondary N) is 1. The molecule has 0 bridgehead atoms. The van der Waals surface area contributed by atoms with Crippen LogP contribution in [0.5, 0.6) is 5.75 Å². The van der Waals surface area contributed by atoms with Crippen molar-refractivity contribution in [3.05, 3.63) is 77.3 Å². The molecule has 0 unspecified atom stereocenters. The molecule has 2 aromatic carbocycles. The first-order valence-corrected chi connectivity index (χ1v) is 10.2. The number of benzene rings is 2. The summed E-state index contributed by atoms with van der Waals surface area (Å²) in [7, 11) is 0. The molecule has 1 aliphatic rings. The molecule has 5 rings (SSSR count). The molecule has 0 spiro atoms. The summed E-state index contributed by atoms with van der Waals surface area (Å²) in [6.07, 6.45) is -2.18. The Morgan fingerprint density at radius 3 is 2.27 bits per heavy atom. The Morgan fingerprint density at radius 2 is 1.67 bits per heavy atom. The quantitative estimate of drug-likeness (QED) is 0.463. The van der Waals surface area contributed by atoms with Crippen molar-refractivity contribution in [3.63, 3.8) is 0 Å². The number of rotatable bonds is 4. The van der Waals surface area contributed by atoms with Gasteiger partial charge in [0.25, 0.3) is 0 Å². The molecule has 0 saturated carbocycles. The summed E-state index contributed by atoms with van der Waals surface area (Å²) in [5.41, 5.74) is 3.47. The molecule has 1 fully saturated rings. The summed E-state index contributed by atoms with van der Waals surface area (Å²) in [4.78, 5) is 17.8. The van der Waals surface area contributed by atoms with Crippen molar-refractivity contribution in [1.29, 1.82) is 0 Å². The van der Waals surface area contributed by atoms with E-state index in [9.17, 15) is 18.0 Å². The van der Waals surface area contributed by atoms with Crippen LogP contribution >= 0.6 is 12.4 Å². The zero-order valence-corrected chi connectivity index (χ0v) is 18.1. The van der Waals surface area contributed by atoms with E-state index < -0.39 is 6.36 Å². The number of nitrogens with zero attached hydrogens (tertiary/aromatic N) is 3. The fourth-order valence-corrected chi connectivity index (χ4v) is 4.14. The molecule has 4 aromatic rings. The van der Waals surface area contributed by atoms with Crippen molar-refractivity contribution in [3.8, 4) is 22.6 Å². The van der Waals surface area contributed by atoms with Crippen molar-refractivity contribution in [2.75, 3.05) is 13.1 Å². The third-order valence-electron chi connectivity index (χ3n) is 5.58. The van der Waals surface area contributed by atoms with Crippen LogP contribution in [0.4, 0.5) is 13.2 Å². The van der Waals surface area contributed by atoms with E-state index in [1.807, 2.05) is 30.3 Å². The minimum Gasteiger partial charge on any atom is -0.406 e. The molecule has 0 radical (unpaired) electrons. The second-order valence-electron chi connectivity index (χ2n) is 7.60. The average Bonchev–Trinajstić information content (AvgIpc) is 3.39. The van der Waals surface area contributed by atoms with E-state index in [2.05, 4.69) is 15.0 Å². The number of halogens is 4. The van der Waals surface area contributed by atoms with Crippen LogP contribution in [-0.2, 0) is 0 Å². The lowest BCUT2D eigenvalue weighted by molar-refractivity contribution is -0.274. The van der Waals surface area contributed by atoms with E-state index >= 15 is 0 Å². The molecular weight excluding hydrogens is 457 g/mol. The molecule has 0 aliphatic carbocycles. The monoisotopic (exact) mass is 476 g/mol. The number of alkyl halides is 3. The summed E-state index contributed by atoms with van der Waals surface area (Å²) in [6.45, 7) is 1.58. The summed E-state index contributed by atoms with van der Waals surface area (Å²) in [5.74, 6) is -0.272. The van der Waals surface area contributed by atoms with Crippen molar-refractivity contribution in [2.45, 2.75) is 18.8 Å². The summed E-state index contributed by atoms with van der Waals surface area (Å²) >= 11 is 0. The smallest absolute Gasteiger partial charge is 0.406 e. The highest BCUT2D eigenvalue weighted by Gasteiger charge is 2.31. The molecule has 0 amide bonds. The molecule has 1 saturated heterocycles. The molecule has 2 aromatic heterocycles. The third-order valence-corrected chi connectivity index (χ3v) is 5.58. The lowest BCUT2D eigenvalue weighted by Gasteiger charge is -2.10. The second kappa shape index (κ2) is 8.92. The average molecular weight is 477 g/mol. The number of imidazole rings is 1. The lowest BCUT2D eigenvalue weighted by atomic mass is 10.1. The van der Waals surface area contributed by atoms with Gasteiger partial charge in [-0.1, -0.05) is 24.3 Å². The Morgan fingerprint density at radius 1 is 1.00 bits per heavy atom. The van der Waals surface area contributed by atoms with Gasteiger partial charge in [0.05, 0.1) is 17.2 Å². The first kappa shape index (κ1) is 22.9. The molecular formula is C23H20ClF3N4O2. The number of ether oxygens (including phenoxy) is 1. The molecule has 1 atom stereocenters. The predicted octanol–water partition coefficient (Wildman–Crippen LogP) is 4.71. The van der Waals surface area contributed by atoms with Crippen LogP contribution in [0, 0.1) is 0 Å². The minimum atomic E-state index is -4.72. The summed E-state index contributed by atoms with van der Waals surface area (Å²) in [5, 5.41) is 3.29. The number of hydrogen-bond donors (Lipinski definition) is 1. The van der Waals surface area contributed by atoms with Crippen LogP contribution in [-0.4, -0.2) is 33.6 Å². The van der Waals surface area contributed by atoms with Crippen LogP contribution in [0.3, 0.4) is 0 Å². The molecule has 10 heteroatoms. The predicted molar refractivity (Wildman–Crippen MR) is 121 cm³/mol. The Bertz CT molecular complexity index is 1310. The minimum absolute atomic E-state index is 0. The first-order valence-electron chi connectivity index (χ1n) is 10.2. The van der Waals surface area contributed by atoms with Crippen molar-refractivity contribution in [2.24, 2.45) is 0 Å². The van der Waals surface area contributed by atoms with Gasteiger partial charge < -0.3 is 10.1 Å². The molecule has 33 heavy (non-hydrogen) atoms. The highest BCUT2D eigenvalue weighted by atomic mass is 35.5. The van der Waals surface area contributed by atoms with Crippen LogP contribution in [0.15, 0.2) is 71.7 Å². The number of pyridine rings is 1. The molecule has 172 valence electrons. The maximum absolute atomic E-state index is 13.3. The fraction of sp³-hybridized carbons (Fsp3) is 0.217. The zero-order valence-electron chi connectivity index (χ0n) is 17.2. The van der Waals surface area contributed by atoms with Gasteiger partial charge in [-0.3, -0.25) is 9.13 Å². The maximum Gasteiger partial charge on any atom is 0.573 e. The van der Waals surface area contributed by atoms with Gasteiger partial charge in [0, 0.05) is 12.7 Å². The van der Waals surface area contributed by atoms with E-state index in [1.54, 1.807) is 33.5 Å².